The Morgan fingerprint density at radius 1 is 1.30 bits per heavy atom. The van der Waals surface area contributed by atoms with Gasteiger partial charge in [0, 0.05) is 16.8 Å². The molecule has 1 amide bonds. The Morgan fingerprint density at radius 3 is 2.70 bits per heavy atom. The summed E-state index contributed by atoms with van der Waals surface area (Å²) in [5.41, 5.74) is 2.49. The van der Waals surface area contributed by atoms with Crippen LogP contribution < -0.4 is 10.1 Å². The van der Waals surface area contributed by atoms with Crippen molar-refractivity contribution < 1.29 is 9.53 Å². The van der Waals surface area contributed by atoms with Crippen molar-refractivity contribution in [3.63, 3.8) is 0 Å². The second kappa shape index (κ2) is 8.02. The summed E-state index contributed by atoms with van der Waals surface area (Å²) in [4.78, 5) is 11.9. The standard InChI is InChI=1S/C18H15ClN2O2/c1-13-12-15(19)5-8-17(13)21-18(22)9-4-14-2-6-16(7-3-14)23-11-10-20/h2-9,12H,11H2,1H3,(H,21,22)/b9-4+. The Hall–Kier alpha value is -2.77. The number of nitrogens with one attached hydrogen (secondary N) is 1. The predicted molar refractivity (Wildman–Crippen MR) is 91.4 cm³/mol. The minimum absolute atomic E-state index is 0.0119. The number of hydrogen-bond donors (Lipinski definition) is 1. The van der Waals surface area contributed by atoms with E-state index >= 15 is 0 Å². The molecular formula is C18H15ClN2O2. The molecule has 0 fully saturated rings. The Labute approximate surface area is 140 Å². The lowest BCUT2D eigenvalue weighted by molar-refractivity contribution is -0.111. The molecule has 0 spiro atoms. The molecule has 0 aliphatic heterocycles. The third-order valence-electron chi connectivity index (χ3n) is 3.06. The summed E-state index contributed by atoms with van der Waals surface area (Å²) >= 11 is 5.88. The molecular weight excluding hydrogens is 312 g/mol. The molecule has 0 heterocycles. The lowest BCUT2D eigenvalue weighted by atomic mass is 10.2. The zero-order valence-electron chi connectivity index (χ0n) is 12.5. The number of aryl methyl sites for hydroxylation is 1. The maximum Gasteiger partial charge on any atom is 0.248 e. The number of amides is 1. The first-order chi connectivity index (χ1) is 11.1. The van der Waals surface area contributed by atoms with E-state index in [9.17, 15) is 4.79 Å². The van der Waals surface area contributed by atoms with Crippen molar-refractivity contribution in [2.45, 2.75) is 6.92 Å². The van der Waals surface area contributed by atoms with E-state index in [-0.39, 0.29) is 12.5 Å². The van der Waals surface area contributed by atoms with E-state index in [4.69, 9.17) is 21.6 Å². The molecule has 4 nitrogen and oxygen atoms in total. The molecule has 0 radical (unpaired) electrons. The fourth-order valence-electron chi connectivity index (χ4n) is 1.90. The van der Waals surface area contributed by atoms with Crippen molar-refractivity contribution in [2.24, 2.45) is 0 Å². The van der Waals surface area contributed by atoms with Gasteiger partial charge in [0.05, 0.1) is 0 Å². The molecule has 2 aromatic carbocycles. The van der Waals surface area contributed by atoms with E-state index in [0.717, 1.165) is 16.8 Å². The van der Waals surface area contributed by atoms with Gasteiger partial charge >= 0.3 is 0 Å². The molecule has 0 bridgehead atoms. The van der Waals surface area contributed by atoms with Crippen molar-refractivity contribution >= 4 is 29.3 Å². The SMILES string of the molecule is Cc1cc(Cl)ccc1NC(=O)/C=C/c1ccc(OCC#N)cc1. The van der Waals surface area contributed by atoms with E-state index < -0.39 is 0 Å². The summed E-state index contributed by atoms with van der Waals surface area (Å²) in [6, 6.07) is 14.3. The number of ether oxygens (including phenoxy) is 1. The second-order valence-electron chi connectivity index (χ2n) is 4.80. The van der Waals surface area contributed by atoms with Crippen LogP contribution >= 0.6 is 11.6 Å². The number of nitrogens with zero attached hydrogens (tertiary/aromatic N) is 1. The molecule has 1 N–H and O–H groups in total. The van der Waals surface area contributed by atoms with Gasteiger partial charge in [-0.25, -0.2) is 0 Å². The van der Waals surface area contributed by atoms with Gasteiger partial charge in [0.2, 0.25) is 5.91 Å². The summed E-state index contributed by atoms with van der Waals surface area (Å²) in [7, 11) is 0. The van der Waals surface area contributed by atoms with Crippen molar-refractivity contribution in [2.75, 3.05) is 11.9 Å². The Kier molecular flexibility index (Phi) is 5.79. The smallest absolute Gasteiger partial charge is 0.248 e. The highest BCUT2D eigenvalue weighted by molar-refractivity contribution is 6.30. The van der Waals surface area contributed by atoms with Gasteiger partial charge in [-0.2, -0.15) is 5.26 Å². The molecule has 2 aromatic rings. The zero-order valence-corrected chi connectivity index (χ0v) is 13.3. The Morgan fingerprint density at radius 2 is 2.04 bits per heavy atom. The van der Waals surface area contributed by atoms with Gasteiger partial charge in [0.25, 0.3) is 0 Å². The Bertz CT molecular complexity index is 762. The lowest BCUT2D eigenvalue weighted by Crippen LogP contribution is -2.08. The van der Waals surface area contributed by atoms with Crippen molar-refractivity contribution in [3.05, 3.63) is 64.7 Å². The first-order valence-corrected chi connectivity index (χ1v) is 7.31. The van der Waals surface area contributed by atoms with Crippen molar-refractivity contribution in [1.29, 1.82) is 5.26 Å². The van der Waals surface area contributed by atoms with E-state index in [0.29, 0.717) is 10.8 Å². The topological polar surface area (TPSA) is 62.1 Å². The molecule has 0 aliphatic carbocycles. The van der Waals surface area contributed by atoms with Gasteiger partial charge in [-0.05, 0) is 54.5 Å². The van der Waals surface area contributed by atoms with Crippen LogP contribution in [0.1, 0.15) is 11.1 Å². The van der Waals surface area contributed by atoms with E-state index in [2.05, 4.69) is 5.32 Å². The summed E-state index contributed by atoms with van der Waals surface area (Å²) in [5.74, 6) is 0.394. The first kappa shape index (κ1) is 16.6. The number of carbonyl (C=O) groups is 1. The second-order valence-corrected chi connectivity index (χ2v) is 5.23. The first-order valence-electron chi connectivity index (χ1n) is 6.93. The summed E-state index contributed by atoms with van der Waals surface area (Å²) in [6.07, 6.45) is 3.16. The Balaban J connectivity index is 1.96. The predicted octanol–water partition coefficient (Wildman–Crippen LogP) is 4.20. The normalized spacial score (nSPS) is 10.3. The van der Waals surface area contributed by atoms with Crippen LogP contribution in [-0.4, -0.2) is 12.5 Å². The number of carbonyl (C=O) groups excluding carboxylic acids is 1. The third kappa shape index (κ3) is 5.17. The molecule has 0 saturated heterocycles. The van der Waals surface area contributed by atoms with Crippen LogP contribution in [0.25, 0.3) is 6.08 Å². The highest BCUT2D eigenvalue weighted by atomic mass is 35.5. The number of halogens is 1. The number of rotatable bonds is 5. The molecule has 116 valence electrons. The van der Waals surface area contributed by atoms with Gasteiger partial charge in [-0.15, -0.1) is 0 Å². The monoisotopic (exact) mass is 326 g/mol. The third-order valence-corrected chi connectivity index (χ3v) is 3.29. The average molecular weight is 327 g/mol. The fourth-order valence-corrected chi connectivity index (χ4v) is 2.13. The van der Waals surface area contributed by atoms with E-state index in [1.165, 1.54) is 6.08 Å². The van der Waals surface area contributed by atoms with Gasteiger partial charge < -0.3 is 10.1 Å². The van der Waals surface area contributed by atoms with Crippen LogP contribution in [0.5, 0.6) is 5.75 Å². The largest absolute Gasteiger partial charge is 0.479 e. The van der Waals surface area contributed by atoms with Gasteiger partial charge in [-0.1, -0.05) is 23.7 Å². The minimum Gasteiger partial charge on any atom is -0.479 e. The number of nitriles is 1. The number of anilines is 1. The molecule has 0 aliphatic rings. The highest BCUT2D eigenvalue weighted by Gasteiger charge is 2.02. The molecule has 2 rings (SSSR count). The van der Waals surface area contributed by atoms with Crippen LogP contribution in [0.3, 0.4) is 0 Å². The van der Waals surface area contributed by atoms with Crippen LogP contribution in [0, 0.1) is 18.3 Å². The number of hydrogen-bond acceptors (Lipinski definition) is 3. The van der Waals surface area contributed by atoms with Crippen LogP contribution in [0.4, 0.5) is 5.69 Å². The van der Waals surface area contributed by atoms with Gasteiger partial charge in [-0.3, -0.25) is 4.79 Å². The number of benzene rings is 2. The van der Waals surface area contributed by atoms with Crippen molar-refractivity contribution in [1.82, 2.24) is 0 Å². The van der Waals surface area contributed by atoms with Crippen LogP contribution in [0.2, 0.25) is 5.02 Å². The summed E-state index contributed by atoms with van der Waals surface area (Å²) in [6.45, 7) is 1.89. The van der Waals surface area contributed by atoms with Gasteiger partial charge in [0.1, 0.15) is 11.8 Å². The molecule has 0 saturated carbocycles. The fraction of sp³-hybridized carbons (Fsp3) is 0.111. The highest BCUT2D eigenvalue weighted by Crippen LogP contribution is 2.19. The quantitative estimate of drug-likeness (QED) is 0.837. The van der Waals surface area contributed by atoms with Gasteiger partial charge in [0.15, 0.2) is 6.61 Å². The maximum absolute atomic E-state index is 11.9. The molecule has 5 heteroatoms. The molecule has 0 atom stereocenters. The summed E-state index contributed by atoms with van der Waals surface area (Å²) in [5, 5.41) is 11.9. The van der Waals surface area contributed by atoms with Crippen molar-refractivity contribution in [3.8, 4) is 11.8 Å². The minimum atomic E-state index is -0.222. The molecule has 23 heavy (non-hydrogen) atoms. The van der Waals surface area contributed by atoms with Crippen LogP contribution in [-0.2, 0) is 4.79 Å². The van der Waals surface area contributed by atoms with Crippen LogP contribution in [0.15, 0.2) is 48.5 Å². The van der Waals surface area contributed by atoms with E-state index in [1.807, 2.05) is 25.1 Å². The molecule has 0 aromatic heterocycles. The summed E-state index contributed by atoms with van der Waals surface area (Å²) < 4.78 is 5.16. The maximum atomic E-state index is 11.9. The average Bonchev–Trinajstić information content (AvgIpc) is 2.54. The van der Waals surface area contributed by atoms with E-state index in [1.54, 1.807) is 36.4 Å². The molecule has 0 unspecified atom stereocenters. The lowest BCUT2D eigenvalue weighted by Gasteiger charge is -2.06. The zero-order chi connectivity index (χ0) is 16.7.